The summed E-state index contributed by atoms with van der Waals surface area (Å²) >= 11 is 0. The summed E-state index contributed by atoms with van der Waals surface area (Å²) in [5.41, 5.74) is 0. The van der Waals surface area contributed by atoms with E-state index in [1.807, 2.05) is 0 Å². The molecule has 0 N–H and O–H groups in total. The van der Waals surface area contributed by atoms with Crippen LogP contribution in [0, 0.1) is 0 Å². The van der Waals surface area contributed by atoms with Gasteiger partial charge in [0.2, 0.25) is 0 Å². The molecule has 0 aromatic heterocycles. The van der Waals surface area contributed by atoms with Crippen LogP contribution in [-0.2, 0) is 0 Å². The molecule has 0 amide bonds. The highest BCUT2D eigenvalue weighted by Crippen LogP contribution is 2.48. The van der Waals surface area contributed by atoms with Crippen molar-refractivity contribution in [1.29, 1.82) is 0 Å². The molecule has 0 aromatic rings. The van der Waals surface area contributed by atoms with Crippen LogP contribution in [0.15, 0.2) is 11.8 Å². The highest BCUT2D eigenvalue weighted by Gasteiger charge is 2.53. The van der Waals surface area contributed by atoms with Crippen molar-refractivity contribution in [3.8, 4) is 0 Å². The molecule has 1 unspecified atom stereocenters. The van der Waals surface area contributed by atoms with Gasteiger partial charge in [-0.05, 0) is 17.0 Å². The number of hydrogen-bond donors (Lipinski definition) is 0. The molecule has 0 saturated heterocycles. The zero-order valence-corrected chi connectivity index (χ0v) is 20.2. The van der Waals surface area contributed by atoms with Crippen molar-refractivity contribution in [2.75, 3.05) is 0 Å². The molecular weight excluding hydrogens is 290 g/mol. The molecule has 20 heavy (non-hydrogen) atoms. The van der Waals surface area contributed by atoms with E-state index in [9.17, 15) is 0 Å². The van der Waals surface area contributed by atoms with E-state index in [2.05, 4.69) is 85.5 Å². The predicted octanol–water partition coefficient (Wildman–Crippen LogP) is 4.57. The van der Waals surface area contributed by atoms with Crippen LogP contribution in [0.2, 0.25) is 36.3 Å². The topological polar surface area (TPSA) is 3.24 Å². The molecule has 0 bridgehead atoms. The molecule has 0 saturated carbocycles. The third-order valence-corrected chi connectivity index (χ3v) is 20.7. The van der Waals surface area contributed by atoms with Crippen molar-refractivity contribution in [3.05, 3.63) is 11.8 Å². The van der Waals surface area contributed by atoms with Crippen LogP contribution in [0.25, 0.3) is 0 Å². The lowest BCUT2D eigenvalue weighted by Crippen LogP contribution is -2.71. The zero-order chi connectivity index (χ0) is 16.7. The third kappa shape index (κ3) is 3.76. The predicted molar refractivity (Wildman–Crippen MR) is 105 cm³/mol. The summed E-state index contributed by atoms with van der Waals surface area (Å²) in [6.45, 7) is 31.6. The lowest BCUT2D eigenvalue weighted by molar-refractivity contribution is 0.470. The van der Waals surface area contributed by atoms with E-state index in [0.29, 0.717) is 16.1 Å². The Morgan fingerprint density at radius 3 is 1.30 bits per heavy atom. The Balaban J connectivity index is 6.09. The Morgan fingerprint density at radius 2 is 1.15 bits per heavy atom. The van der Waals surface area contributed by atoms with Gasteiger partial charge in [-0.2, -0.15) is 0 Å². The summed E-state index contributed by atoms with van der Waals surface area (Å²) in [5, 5.41) is 2.21. The summed E-state index contributed by atoms with van der Waals surface area (Å²) in [4.78, 5) is 0. The van der Waals surface area contributed by atoms with Gasteiger partial charge in [-0.15, -0.1) is 6.58 Å². The van der Waals surface area contributed by atoms with E-state index in [1.54, 1.807) is 0 Å². The van der Waals surface area contributed by atoms with Crippen molar-refractivity contribution in [3.63, 3.8) is 0 Å². The van der Waals surface area contributed by atoms with Gasteiger partial charge in [-0.1, -0.05) is 72.9 Å². The summed E-state index contributed by atoms with van der Waals surface area (Å²) in [6.07, 6.45) is 0. The van der Waals surface area contributed by atoms with Crippen LogP contribution < -0.4 is 0 Å². The van der Waals surface area contributed by atoms with Crippen LogP contribution in [0.5, 0.6) is 0 Å². The van der Waals surface area contributed by atoms with E-state index < -0.39 is 16.5 Å². The quantitative estimate of drug-likeness (QED) is 0.683. The molecule has 0 aliphatic rings. The Bertz CT molecular complexity index is 333. The minimum Gasteiger partial charge on any atom is -0.339 e. The Hall–Kier alpha value is 0.351. The Kier molecular flexibility index (Phi) is 5.96. The monoisotopic (exact) mass is 329 g/mol. The van der Waals surface area contributed by atoms with Crippen molar-refractivity contribution >= 4 is 26.7 Å². The van der Waals surface area contributed by atoms with Crippen LogP contribution >= 0.6 is 0 Å². The zero-order valence-electron chi connectivity index (χ0n) is 16.2. The lowest BCUT2D eigenvalue weighted by Gasteiger charge is -2.59. The summed E-state index contributed by atoms with van der Waals surface area (Å²) in [5.74, 6) is 0. The average Bonchev–Trinajstić information content (AvgIpc) is 2.12. The van der Waals surface area contributed by atoms with Gasteiger partial charge in [-0.25, -0.2) is 0 Å². The van der Waals surface area contributed by atoms with Crippen LogP contribution in [0.4, 0.5) is 0 Å². The second-order valence-electron chi connectivity index (χ2n) is 9.51. The molecule has 0 heterocycles. The first kappa shape index (κ1) is 20.4. The summed E-state index contributed by atoms with van der Waals surface area (Å²) in [6, 6.07) is 0.545. The van der Waals surface area contributed by atoms with E-state index in [-0.39, 0.29) is 0 Å². The van der Waals surface area contributed by atoms with Gasteiger partial charge in [0, 0.05) is 16.3 Å². The molecule has 0 radical (unpaired) electrons. The van der Waals surface area contributed by atoms with E-state index >= 15 is 0 Å². The fourth-order valence-electron chi connectivity index (χ4n) is 2.61. The fourth-order valence-corrected chi connectivity index (χ4v) is 14.8. The maximum atomic E-state index is 4.33. The minimum absolute atomic E-state index is 0.383. The standard InChI is InChI=1S/C16H39NSi3/c1-13(14(2)18)17(19(9,10)15(3,4)5)20(11,12)16(6,7)8/h13H,2H2,1,3-12,18H3. The Morgan fingerprint density at radius 1 is 0.900 bits per heavy atom. The minimum atomic E-state index is -1.55. The first-order valence-corrected chi connectivity index (χ1v) is 14.8. The van der Waals surface area contributed by atoms with Crippen LogP contribution in [0.1, 0.15) is 48.5 Å². The number of nitrogens with zero attached hydrogens (tertiary/aromatic N) is 1. The smallest absolute Gasteiger partial charge is 0.121 e. The third-order valence-electron chi connectivity index (χ3n) is 5.98. The normalized spacial score (nSPS) is 16.6. The molecule has 0 spiro atoms. The fraction of sp³-hybridized carbons (Fsp3) is 0.875. The summed E-state index contributed by atoms with van der Waals surface area (Å²) in [7, 11) is -2.00. The number of hydrogen-bond acceptors (Lipinski definition) is 1. The maximum absolute atomic E-state index is 4.33. The molecular formula is C16H39NSi3. The van der Waals surface area contributed by atoms with Crippen molar-refractivity contribution < 1.29 is 0 Å². The highest BCUT2D eigenvalue weighted by atomic mass is 28.4. The first-order chi connectivity index (χ1) is 8.48. The second kappa shape index (κ2) is 5.86. The molecule has 0 fully saturated rings. The van der Waals surface area contributed by atoms with Crippen molar-refractivity contribution in [2.45, 2.75) is 90.8 Å². The molecule has 1 atom stereocenters. The first-order valence-electron chi connectivity index (χ1n) is 7.92. The van der Waals surface area contributed by atoms with Gasteiger partial charge in [0.05, 0.1) is 0 Å². The van der Waals surface area contributed by atoms with Gasteiger partial charge in [-0.3, -0.25) is 0 Å². The van der Waals surface area contributed by atoms with Gasteiger partial charge in [0.15, 0.2) is 0 Å². The van der Waals surface area contributed by atoms with E-state index in [0.717, 1.165) is 10.2 Å². The van der Waals surface area contributed by atoms with Crippen molar-refractivity contribution in [2.24, 2.45) is 0 Å². The molecule has 0 rings (SSSR count). The van der Waals surface area contributed by atoms with Crippen LogP contribution in [-0.4, -0.2) is 37.0 Å². The lowest BCUT2D eigenvalue weighted by atomic mass is 10.2. The second-order valence-corrected chi connectivity index (χ2v) is 21.4. The SMILES string of the molecule is C=C([SiH3])C(C)N([Si](C)(C)C(C)(C)C)[Si](C)(C)C(C)(C)C. The molecule has 120 valence electrons. The van der Waals surface area contributed by atoms with Gasteiger partial charge < -0.3 is 4.23 Å². The Labute approximate surface area is 133 Å². The summed E-state index contributed by atoms with van der Waals surface area (Å²) < 4.78 is 3.00. The van der Waals surface area contributed by atoms with Gasteiger partial charge in [0.25, 0.3) is 0 Å². The molecule has 0 aliphatic heterocycles. The largest absolute Gasteiger partial charge is 0.339 e. The van der Waals surface area contributed by atoms with Crippen LogP contribution in [0.3, 0.4) is 0 Å². The van der Waals surface area contributed by atoms with E-state index in [1.165, 1.54) is 5.20 Å². The van der Waals surface area contributed by atoms with Crippen molar-refractivity contribution in [1.82, 2.24) is 4.23 Å². The average molecular weight is 330 g/mol. The molecule has 1 nitrogen and oxygen atoms in total. The molecule has 0 aliphatic carbocycles. The molecule has 0 aromatic carbocycles. The number of rotatable bonds is 4. The maximum Gasteiger partial charge on any atom is 0.121 e. The van der Waals surface area contributed by atoms with Gasteiger partial charge in [0.1, 0.15) is 16.5 Å². The van der Waals surface area contributed by atoms with Gasteiger partial charge >= 0.3 is 0 Å². The highest BCUT2D eigenvalue weighted by molar-refractivity contribution is 6.93. The molecule has 4 heteroatoms. The van der Waals surface area contributed by atoms with E-state index in [4.69, 9.17) is 0 Å².